The molecule has 1 rings (SSSR count). The molecule has 0 aromatic rings. The average molecular weight is 271 g/mol. The molecule has 1 heterocycles. The van der Waals surface area contributed by atoms with Gasteiger partial charge in [0.25, 0.3) is 0 Å². The van der Waals surface area contributed by atoms with Gasteiger partial charge in [-0.05, 0) is 46.2 Å². The highest BCUT2D eigenvalue weighted by Gasteiger charge is 2.35. The zero-order valence-electron chi connectivity index (χ0n) is 12.0. The van der Waals surface area contributed by atoms with Crippen molar-refractivity contribution >= 4 is 12.0 Å². The number of carbonyl (C=O) groups excluding carboxylic acids is 1. The summed E-state index contributed by atoms with van der Waals surface area (Å²) in [6, 6.07) is -0.0812. The molecule has 0 aromatic heterocycles. The summed E-state index contributed by atoms with van der Waals surface area (Å²) in [4.78, 5) is 25.3. The number of hydrogen-bond donors (Lipinski definition) is 3. The number of carboxylic acids is 1. The van der Waals surface area contributed by atoms with Crippen LogP contribution < -0.4 is 10.6 Å². The van der Waals surface area contributed by atoms with E-state index in [-0.39, 0.29) is 12.1 Å². The molecule has 0 aromatic carbocycles. The Morgan fingerprint density at radius 1 is 1.37 bits per heavy atom. The number of nitrogens with one attached hydrogen (secondary N) is 2. The molecule has 1 unspecified atom stereocenters. The number of hydrogen-bond acceptors (Lipinski definition) is 3. The van der Waals surface area contributed by atoms with E-state index in [0.29, 0.717) is 13.0 Å². The maximum Gasteiger partial charge on any atom is 0.329 e. The van der Waals surface area contributed by atoms with Crippen LogP contribution in [0.25, 0.3) is 0 Å². The normalized spacial score (nSPS) is 19.5. The Kier molecular flexibility index (Phi) is 5.60. The molecule has 6 heteroatoms. The number of aliphatic carboxylic acids is 1. The zero-order valence-corrected chi connectivity index (χ0v) is 12.0. The van der Waals surface area contributed by atoms with E-state index in [2.05, 4.69) is 10.6 Å². The molecule has 2 amide bonds. The molecule has 110 valence electrons. The number of rotatable bonds is 5. The topological polar surface area (TPSA) is 81.7 Å². The van der Waals surface area contributed by atoms with Crippen LogP contribution in [-0.2, 0) is 4.79 Å². The first kappa shape index (κ1) is 15.8. The van der Waals surface area contributed by atoms with Crippen molar-refractivity contribution in [1.82, 2.24) is 15.5 Å². The van der Waals surface area contributed by atoms with Crippen LogP contribution in [0.4, 0.5) is 4.79 Å². The van der Waals surface area contributed by atoms with E-state index < -0.39 is 11.5 Å². The minimum absolute atomic E-state index is 0.196. The van der Waals surface area contributed by atoms with Crippen LogP contribution in [0.1, 0.15) is 40.0 Å². The number of urea groups is 1. The highest BCUT2D eigenvalue weighted by Crippen LogP contribution is 2.15. The summed E-state index contributed by atoms with van der Waals surface area (Å²) in [6.45, 7) is 7.62. The van der Waals surface area contributed by atoms with Crippen molar-refractivity contribution in [3.63, 3.8) is 0 Å². The van der Waals surface area contributed by atoms with Crippen molar-refractivity contribution in [2.24, 2.45) is 0 Å². The molecular formula is C13H25N3O3. The van der Waals surface area contributed by atoms with Gasteiger partial charge in [0.05, 0.1) is 0 Å². The van der Waals surface area contributed by atoms with Gasteiger partial charge in [0, 0.05) is 12.6 Å². The lowest BCUT2D eigenvalue weighted by molar-refractivity contribution is -0.143. The fourth-order valence-corrected chi connectivity index (χ4v) is 2.29. The lowest BCUT2D eigenvalue weighted by atomic mass is 9.99. The molecule has 3 N–H and O–H groups in total. The van der Waals surface area contributed by atoms with E-state index in [1.807, 2.05) is 6.92 Å². The van der Waals surface area contributed by atoms with E-state index in [0.717, 1.165) is 25.9 Å². The van der Waals surface area contributed by atoms with E-state index in [1.54, 1.807) is 18.7 Å². The van der Waals surface area contributed by atoms with Crippen molar-refractivity contribution < 1.29 is 14.7 Å². The van der Waals surface area contributed by atoms with E-state index in [9.17, 15) is 14.7 Å². The van der Waals surface area contributed by atoms with Gasteiger partial charge >= 0.3 is 12.0 Å². The summed E-state index contributed by atoms with van der Waals surface area (Å²) in [6.07, 6.45) is 2.19. The lowest BCUT2D eigenvalue weighted by Gasteiger charge is -2.36. The molecule has 0 spiro atoms. The number of carboxylic acid groups (broad SMARTS) is 1. The minimum Gasteiger partial charge on any atom is -0.480 e. The average Bonchev–Trinajstić information content (AvgIpc) is 2.40. The largest absolute Gasteiger partial charge is 0.480 e. The zero-order chi connectivity index (χ0) is 14.5. The Labute approximate surface area is 114 Å². The smallest absolute Gasteiger partial charge is 0.329 e. The second-order valence-corrected chi connectivity index (χ2v) is 5.19. The van der Waals surface area contributed by atoms with Gasteiger partial charge in [0.1, 0.15) is 5.54 Å². The highest BCUT2D eigenvalue weighted by molar-refractivity contribution is 5.86. The second-order valence-electron chi connectivity index (χ2n) is 5.19. The summed E-state index contributed by atoms with van der Waals surface area (Å²) in [7, 11) is 0. The second kappa shape index (κ2) is 6.75. The molecule has 1 saturated heterocycles. The highest BCUT2D eigenvalue weighted by atomic mass is 16.4. The first-order chi connectivity index (χ1) is 8.94. The Balaban J connectivity index is 2.70. The predicted molar refractivity (Wildman–Crippen MR) is 73.1 cm³/mol. The van der Waals surface area contributed by atoms with Gasteiger partial charge in [0.15, 0.2) is 0 Å². The molecule has 0 radical (unpaired) electrons. The van der Waals surface area contributed by atoms with Crippen molar-refractivity contribution in [3.05, 3.63) is 0 Å². The van der Waals surface area contributed by atoms with Crippen molar-refractivity contribution in [2.45, 2.75) is 51.6 Å². The van der Waals surface area contributed by atoms with Gasteiger partial charge in [-0.1, -0.05) is 6.92 Å². The van der Waals surface area contributed by atoms with Crippen LogP contribution >= 0.6 is 0 Å². The molecule has 1 aliphatic rings. The first-order valence-corrected chi connectivity index (χ1v) is 6.97. The molecule has 0 bridgehead atoms. The van der Waals surface area contributed by atoms with Crippen LogP contribution in [0.15, 0.2) is 0 Å². The summed E-state index contributed by atoms with van der Waals surface area (Å²) < 4.78 is 0. The first-order valence-electron chi connectivity index (χ1n) is 6.97. The third-order valence-electron chi connectivity index (χ3n) is 3.91. The van der Waals surface area contributed by atoms with Crippen LogP contribution in [0.2, 0.25) is 0 Å². The third kappa shape index (κ3) is 3.83. The summed E-state index contributed by atoms with van der Waals surface area (Å²) in [5, 5.41) is 15.1. The Hall–Kier alpha value is -1.30. The molecule has 1 atom stereocenters. The van der Waals surface area contributed by atoms with Crippen molar-refractivity contribution in [1.29, 1.82) is 0 Å². The number of carbonyl (C=O) groups is 2. The fourth-order valence-electron chi connectivity index (χ4n) is 2.29. The molecule has 0 saturated carbocycles. The lowest BCUT2D eigenvalue weighted by Crippen LogP contribution is -2.58. The van der Waals surface area contributed by atoms with Gasteiger partial charge in [-0.3, -0.25) is 0 Å². The van der Waals surface area contributed by atoms with Gasteiger partial charge in [-0.15, -0.1) is 0 Å². The van der Waals surface area contributed by atoms with E-state index in [1.165, 1.54) is 0 Å². The number of piperidine rings is 1. The molecule has 1 aliphatic heterocycles. The molecule has 0 aliphatic carbocycles. The van der Waals surface area contributed by atoms with Gasteiger partial charge < -0.3 is 20.6 Å². The number of nitrogens with zero attached hydrogens (tertiary/aromatic N) is 1. The van der Waals surface area contributed by atoms with Crippen LogP contribution in [0, 0.1) is 0 Å². The van der Waals surface area contributed by atoms with Gasteiger partial charge in [0.2, 0.25) is 0 Å². The minimum atomic E-state index is -1.20. The fraction of sp³-hybridized carbons (Fsp3) is 0.846. The third-order valence-corrected chi connectivity index (χ3v) is 3.91. The van der Waals surface area contributed by atoms with Crippen LogP contribution in [0.3, 0.4) is 0 Å². The maximum atomic E-state index is 12.3. The molecule has 19 heavy (non-hydrogen) atoms. The maximum absolute atomic E-state index is 12.3. The van der Waals surface area contributed by atoms with Crippen LogP contribution in [0.5, 0.6) is 0 Å². The monoisotopic (exact) mass is 271 g/mol. The predicted octanol–water partition coefficient (Wildman–Crippen LogP) is 1.02. The summed E-state index contributed by atoms with van der Waals surface area (Å²) in [5.74, 6) is -0.996. The quantitative estimate of drug-likeness (QED) is 0.697. The van der Waals surface area contributed by atoms with E-state index in [4.69, 9.17) is 0 Å². The Morgan fingerprint density at radius 3 is 2.37 bits per heavy atom. The standard InChI is InChI=1S/C13H25N3O3/c1-4-13(3,11(17)18)15-12(19)16(5-2)10-6-8-14-9-7-10/h10,14H,4-9H2,1-3H3,(H,15,19)(H,17,18). The molecule has 1 fully saturated rings. The van der Waals surface area contributed by atoms with Crippen molar-refractivity contribution in [3.8, 4) is 0 Å². The molecule has 6 nitrogen and oxygen atoms in total. The van der Waals surface area contributed by atoms with E-state index >= 15 is 0 Å². The van der Waals surface area contributed by atoms with Crippen molar-refractivity contribution in [2.75, 3.05) is 19.6 Å². The Morgan fingerprint density at radius 2 is 1.95 bits per heavy atom. The Bertz CT molecular complexity index is 329. The summed E-state index contributed by atoms with van der Waals surface area (Å²) in [5.41, 5.74) is -1.20. The van der Waals surface area contributed by atoms with Gasteiger partial charge in [-0.25, -0.2) is 9.59 Å². The SMILES string of the molecule is CCN(C(=O)NC(C)(CC)C(=O)O)C1CCNCC1. The number of amides is 2. The van der Waals surface area contributed by atoms with Gasteiger partial charge in [-0.2, -0.15) is 0 Å². The molecular weight excluding hydrogens is 246 g/mol. The van der Waals surface area contributed by atoms with Crippen LogP contribution in [-0.4, -0.2) is 53.2 Å². The summed E-state index contributed by atoms with van der Waals surface area (Å²) >= 11 is 0.